The molecule has 2 amide bonds. The maximum Gasteiger partial charge on any atom is 0.291 e. The van der Waals surface area contributed by atoms with Gasteiger partial charge in [0.05, 0.1) is 26.8 Å². The van der Waals surface area contributed by atoms with Gasteiger partial charge in [-0.25, -0.2) is 4.98 Å². The number of aryl methyl sites for hydroxylation is 2. The van der Waals surface area contributed by atoms with E-state index < -0.39 is 0 Å². The van der Waals surface area contributed by atoms with Crippen LogP contribution in [0.25, 0.3) is 11.3 Å². The molecule has 0 bridgehead atoms. The molecule has 4 rings (SSSR count). The lowest BCUT2D eigenvalue weighted by atomic mass is 10.2. The highest BCUT2D eigenvalue weighted by molar-refractivity contribution is 7.18. The van der Waals surface area contributed by atoms with Gasteiger partial charge < -0.3 is 15.1 Å². The maximum atomic E-state index is 12.5. The molecule has 4 aromatic heterocycles. The fourth-order valence-corrected chi connectivity index (χ4v) is 4.79. The summed E-state index contributed by atoms with van der Waals surface area (Å²) in [5.41, 5.74) is 2.82. The molecule has 0 saturated heterocycles. The molecule has 0 aromatic carbocycles. The van der Waals surface area contributed by atoms with Crippen molar-refractivity contribution in [2.75, 3.05) is 11.9 Å². The van der Waals surface area contributed by atoms with E-state index in [1.807, 2.05) is 24.4 Å². The minimum atomic E-state index is -0.340. The predicted octanol–water partition coefficient (Wildman–Crippen LogP) is 4.78. The molecule has 0 aliphatic heterocycles. The quantitative estimate of drug-likeness (QED) is 0.375. The van der Waals surface area contributed by atoms with Crippen molar-refractivity contribution in [3.8, 4) is 11.3 Å². The van der Waals surface area contributed by atoms with Gasteiger partial charge in [0.25, 0.3) is 11.8 Å². The van der Waals surface area contributed by atoms with Gasteiger partial charge in [0.15, 0.2) is 5.76 Å². The lowest BCUT2D eigenvalue weighted by Crippen LogP contribution is -2.24. The second kappa shape index (κ2) is 9.67. The van der Waals surface area contributed by atoms with Crippen molar-refractivity contribution < 1.29 is 14.0 Å². The number of furan rings is 1. The molecule has 9 heteroatoms. The second-order valence-corrected chi connectivity index (χ2v) is 8.77. The average Bonchev–Trinajstić information content (AvgIpc) is 3.53. The smallest absolute Gasteiger partial charge is 0.291 e. The van der Waals surface area contributed by atoms with Crippen molar-refractivity contribution in [1.29, 1.82) is 0 Å². The Labute approximate surface area is 187 Å². The summed E-state index contributed by atoms with van der Waals surface area (Å²) in [7, 11) is 0. The van der Waals surface area contributed by atoms with Crippen LogP contribution in [0.3, 0.4) is 0 Å². The minimum absolute atomic E-state index is 0.141. The van der Waals surface area contributed by atoms with Gasteiger partial charge in [-0.1, -0.05) is 0 Å². The number of amides is 2. The summed E-state index contributed by atoms with van der Waals surface area (Å²) in [6, 6.07) is 8.91. The summed E-state index contributed by atoms with van der Waals surface area (Å²) in [5, 5.41) is 9.40. The lowest BCUT2D eigenvalue weighted by Gasteiger charge is -2.03. The van der Waals surface area contributed by atoms with E-state index in [1.165, 1.54) is 17.6 Å². The molecule has 158 valence electrons. The average molecular weight is 453 g/mol. The first-order valence-corrected chi connectivity index (χ1v) is 11.4. The standard InChI is InChI=1S/C22H20N4O3S2/c1-14-12-19(26-21(27)17-4-3-11-29-17)31-20(14)22(28)24-8-2-5-18-25-16(13-30-18)15-6-9-23-10-7-15/h3-4,6-7,9-13H,2,5,8H2,1H3,(H,24,28)(H,26,27). The van der Waals surface area contributed by atoms with Gasteiger partial charge in [-0.15, -0.1) is 22.7 Å². The first-order chi connectivity index (χ1) is 15.1. The van der Waals surface area contributed by atoms with Gasteiger partial charge in [0.2, 0.25) is 0 Å². The Morgan fingerprint density at radius 2 is 2.00 bits per heavy atom. The Hall–Kier alpha value is -3.30. The SMILES string of the molecule is Cc1cc(NC(=O)c2ccco2)sc1C(=O)NCCCc1nc(-c2ccncc2)cs1. The van der Waals surface area contributed by atoms with Crippen LogP contribution in [-0.2, 0) is 6.42 Å². The normalized spacial score (nSPS) is 10.7. The van der Waals surface area contributed by atoms with Crippen LogP contribution in [-0.4, -0.2) is 28.3 Å². The van der Waals surface area contributed by atoms with Crippen molar-refractivity contribution in [1.82, 2.24) is 15.3 Å². The van der Waals surface area contributed by atoms with E-state index in [9.17, 15) is 9.59 Å². The van der Waals surface area contributed by atoms with E-state index in [2.05, 4.69) is 20.6 Å². The number of carbonyl (C=O) groups is 2. The zero-order valence-corrected chi connectivity index (χ0v) is 18.4. The molecule has 0 spiro atoms. The predicted molar refractivity (Wildman–Crippen MR) is 122 cm³/mol. The maximum absolute atomic E-state index is 12.5. The molecule has 0 fully saturated rings. The Morgan fingerprint density at radius 1 is 1.16 bits per heavy atom. The highest BCUT2D eigenvalue weighted by Crippen LogP contribution is 2.27. The highest BCUT2D eigenvalue weighted by atomic mass is 32.1. The molecule has 31 heavy (non-hydrogen) atoms. The van der Waals surface area contributed by atoms with E-state index in [0.717, 1.165) is 34.7 Å². The molecule has 4 aromatic rings. The number of thiazole rings is 1. The number of nitrogens with one attached hydrogen (secondary N) is 2. The molecule has 0 aliphatic rings. The number of hydrogen-bond acceptors (Lipinski definition) is 7. The molecule has 7 nitrogen and oxygen atoms in total. The fourth-order valence-electron chi connectivity index (χ4n) is 2.95. The number of pyridine rings is 1. The Kier molecular flexibility index (Phi) is 6.54. The summed E-state index contributed by atoms with van der Waals surface area (Å²) in [5.74, 6) is -0.253. The summed E-state index contributed by atoms with van der Waals surface area (Å²) >= 11 is 2.87. The molecule has 0 unspecified atom stereocenters. The molecule has 0 atom stereocenters. The Morgan fingerprint density at radius 3 is 2.77 bits per heavy atom. The molecular formula is C22H20N4O3S2. The Bertz CT molecular complexity index is 1170. The van der Waals surface area contributed by atoms with Crippen molar-refractivity contribution in [3.05, 3.63) is 75.6 Å². The van der Waals surface area contributed by atoms with Crippen LogP contribution in [0.5, 0.6) is 0 Å². The fraction of sp³-hybridized carbons (Fsp3) is 0.182. The van der Waals surface area contributed by atoms with Crippen LogP contribution in [0, 0.1) is 6.92 Å². The van der Waals surface area contributed by atoms with Crippen LogP contribution in [0.1, 0.15) is 37.2 Å². The van der Waals surface area contributed by atoms with E-state index in [0.29, 0.717) is 16.4 Å². The number of carbonyl (C=O) groups excluding carboxylic acids is 2. The largest absolute Gasteiger partial charge is 0.459 e. The molecular weight excluding hydrogens is 432 g/mol. The molecule has 0 aliphatic carbocycles. The van der Waals surface area contributed by atoms with Gasteiger partial charge in [0.1, 0.15) is 0 Å². The third kappa shape index (κ3) is 5.25. The van der Waals surface area contributed by atoms with E-state index in [1.54, 1.807) is 41.9 Å². The summed E-state index contributed by atoms with van der Waals surface area (Å²) in [6.45, 7) is 2.40. The van der Waals surface area contributed by atoms with Crippen molar-refractivity contribution >= 4 is 39.5 Å². The molecule has 4 heterocycles. The van der Waals surface area contributed by atoms with E-state index >= 15 is 0 Å². The van der Waals surface area contributed by atoms with Crippen molar-refractivity contribution in [2.24, 2.45) is 0 Å². The first-order valence-electron chi connectivity index (χ1n) is 9.68. The third-order valence-corrected chi connectivity index (χ3v) is 6.55. The number of thiophene rings is 1. The lowest BCUT2D eigenvalue weighted by molar-refractivity contribution is 0.0955. The highest BCUT2D eigenvalue weighted by Gasteiger charge is 2.16. The van der Waals surface area contributed by atoms with Crippen LogP contribution in [0.15, 0.2) is 58.8 Å². The van der Waals surface area contributed by atoms with Gasteiger partial charge in [-0.05, 0) is 49.2 Å². The zero-order valence-electron chi connectivity index (χ0n) is 16.8. The van der Waals surface area contributed by atoms with Crippen LogP contribution in [0.2, 0.25) is 0 Å². The van der Waals surface area contributed by atoms with Crippen LogP contribution < -0.4 is 10.6 Å². The molecule has 2 N–H and O–H groups in total. The van der Waals surface area contributed by atoms with E-state index in [-0.39, 0.29) is 17.6 Å². The van der Waals surface area contributed by atoms with Crippen LogP contribution in [0.4, 0.5) is 5.00 Å². The Balaban J connectivity index is 1.26. The van der Waals surface area contributed by atoms with Gasteiger partial charge >= 0.3 is 0 Å². The minimum Gasteiger partial charge on any atom is -0.459 e. The summed E-state index contributed by atoms with van der Waals surface area (Å²) in [6.07, 6.45) is 6.54. The summed E-state index contributed by atoms with van der Waals surface area (Å²) < 4.78 is 5.09. The molecule has 0 radical (unpaired) electrons. The number of rotatable bonds is 8. The van der Waals surface area contributed by atoms with Crippen molar-refractivity contribution in [3.63, 3.8) is 0 Å². The van der Waals surface area contributed by atoms with Gasteiger partial charge in [-0.2, -0.15) is 0 Å². The first kappa shape index (κ1) is 21.0. The van der Waals surface area contributed by atoms with E-state index in [4.69, 9.17) is 4.42 Å². The summed E-state index contributed by atoms with van der Waals surface area (Å²) in [4.78, 5) is 33.9. The second-order valence-electron chi connectivity index (χ2n) is 6.78. The number of hydrogen-bond donors (Lipinski definition) is 2. The number of aromatic nitrogens is 2. The monoisotopic (exact) mass is 452 g/mol. The van der Waals surface area contributed by atoms with Crippen molar-refractivity contribution in [2.45, 2.75) is 19.8 Å². The number of nitrogens with zero attached hydrogens (tertiary/aromatic N) is 2. The van der Waals surface area contributed by atoms with Gasteiger partial charge in [0, 0.05) is 36.3 Å². The zero-order chi connectivity index (χ0) is 21.6. The topological polar surface area (TPSA) is 97.1 Å². The van der Waals surface area contributed by atoms with Crippen LogP contribution >= 0.6 is 22.7 Å². The third-order valence-electron chi connectivity index (χ3n) is 4.49. The number of anilines is 1. The molecule has 0 saturated carbocycles. The van der Waals surface area contributed by atoms with Gasteiger partial charge in [-0.3, -0.25) is 14.6 Å².